The SMILES string of the molecule is Cc1c(-c2cc3c(OCc4ccccc4)cccc3o2)oc(=O)c(C)c1O. The zero-order valence-electron chi connectivity index (χ0n) is 15.0. The summed E-state index contributed by atoms with van der Waals surface area (Å²) in [4.78, 5) is 11.9. The van der Waals surface area contributed by atoms with Crippen molar-refractivity contribution in [3.8, 4) is 23.0 Å². The summed E-state index contributed by atoms with van der Waals surface area (Å²) in [7, 11) is 0. The lowest BCUT2D eigenvalue weighted by molar-refractivity contribution is 0.310. The van der Waals surface area contributed by atoms with Crippen LogP contribution in [0.4, 0.5) is 0 Å². The Balaban J connectivity index is 1.74. The van der Waals surface area contributed by atoms with E-state index in [9.17, 15) is 9.90 Å². The molecule has 5 heteroatoms. The minimum absolute atomic E-state index is 0.0812. The average molecular weight is 362 g/mol. The Labute approximate surface area is 155 Å². The molecule has 4 aromatic rings. The second kappa shape index (κ2) is 6.68. The van der Waals surface area contributed by atoms with Crippen molar-refractivity contribution < 1.29 is 18.7 Å². The van der Waals surface area contributed by atoms with E-state index in [1.165, 1.54) is 6.92 Å². The topological polar surface area (TPSA) is 72.8 Å². The molecule has 2 aromatic heterocycles. The maximum Gasteiger partial charge on any atom is 0.343 e. The molecule has 0 saturated carbocycles. The van der Waals surface area contributed by atoms with Gasteiger partial charge in [0, 0.05) is 5.56 Å². The summed E-state index contributed by atoms with van der Waals surface area (Å²) < 4.78 is 17.2. The van der Waals surface area contributed by atoms with Crippen molar-refractivity contribution in [2.45, 2.75) is 20.5 Å². The van der Waals surface area contributed by atoms with Crippen molar-refractivity contribution in [3.05, 3.63) is 81.7 Å². The summed E-state index contributed by atoms with van der Waals surface area (Å²) in [6.07, 6.45) is 0. The highest BCUT2D eigenvalue weighted by Gasteiger charge is 2.19. The van der Waals surface area contributed by atoms with Gasteiger partial charge in [-0.05, 0) is 37.6 Å². The molecule has 0 spiro atoms. The molecule has 27 heavy (non-hydrogen) atoms. The minimum Gasteiger partial charge on any atom is -0.507 e. The summed E-state index contributed by atoms with van der Waals surface area (Å²) in [5.74, 6) is 1.17. The summed E-state index contributed by atoms with van der Waals surface area (Å²) in [5, 5.41) is 10.9. The van der Waals surface area contributed by atoms with Crippen LogP contribution in [-0.2, 0) is 6.61 Å². The van der Waals surface area contributed by atoms with Gasteiger partial charge in [0.15, 0.2) is 11.5 Å². The highest BCUT2D eigenvalue weighted by molar-refractivity contribution is 5.88. The third kappa shape index (κ3) is 3.08. The summed E-state index contributed by atoms with van der Waals surface area (Å²) in [5.41, 5.74) is 1.72. The molecule has 4 rings (SSSR count). The van der Waals surface area contributed by atoms with Gasteiger partial charge in [-0.15, -0.1) is 0 Å². The van der Waals surface area contributed by atoms with Gasteiger partial charge in [-0.3, -0.25) is 0 Å². The van der Waals surface area contributed by atoms with Gasteiger partial charge >= 0.3 is 5.63 Å². The number of rotatable bonds is 4. The molecule has 2 heterocycles. The van der Waals surface area contributed by atoms with E-state index in [0.29, 0.717) is 29.3 Å². The fraction of sp³-hybridized carbons (Fsp3) is 0.136. The fourth-order valence-corrected chi connectivity index (χ4v) is 2.97. The Morgan fingerprint density at radius 1 is 0.963 bits per heavy atom. The van der Waals surface area contributed by atoms with E-state index >= 15 is 0 Å². The Morgan fingerprint density at radius 3 is 2.52 bits per heavy atom. The number of benzene rings is 2. The van der Waals surface area contributed by atoms with Crippen molar-refractivity contribution in [2.24, 2.45) is 0 Å². The Hall–Kier alpha value is -3.47. The minimum atomic E-state index is -0.589. The van der Waals surface area contributed by atoms with E-state index in [-0.39, 0.29) is 17.1 Å². The third-order valence-corrected chi connectivity index (χ3v) is 4.53. The van der Waals surface area contributed by atoms with E-state index in [1.807, 2.05) is 48.5 Å². The Bertz CT molecular complexity index is 1170. The van der Waals surface area contributed by atoms with Crippen molar-refractivity contribution >= 4 is 11.0 Å². The molecule has 136 valence electrons. The molecule has 0 saturated heterocycles. The zero-order valence-corrected chi connectivity index (χ0v) is 15.0. The number of furan rings is 1. The summed E-state index contributed by atoms with van der Waals surface area (Å²) in [6.45, 7) is 3.63. The predicted molar refractivity (Wildman–Crippen MR) is 102 cm³/mol. The van der Waals surface area contributed by atoms with Crippen molar-refractivity contribution in [2.75, 3.05) is 0 Å². The normalized spacial score (nSPS) is 11.0. The first-order chi connectivity index (χ1) is 13.0. The van der Waals surface area contributed by atoms with Crippen LogP contribution in [-0.4, -0.2) is 5.11 Å². The molecule has 1 N–H and O–H groups in total. The molecular formula is C22H18O5. The molecule has 0 fully saturated rings. The lowest BCUT2D eigenvalue weighted by Crippen LogP contribution is -2.05. The van der Waals surface area contributed by atoms with Crippen LogP contribution in [0.1, 0.15) is 16.7 Å². The third-order valence-electron chi connectivity index (χ3n) is 4.53. The summed E-state index contributed by atoms with van der Waals surface area (Å²) in [6, 6.07) is 17.1. The van der Waals surface area contributed by atoms with Gasteiger partial charge < -0.3 is 18.7 Å². The maximum absolute atomic E-state index is 11.9. The van der Waals surface area contributed by atoms with Gasteiger partial charge in [-0.1, -0.05) is 36.4 Å². The van der Waals surface area contributed by atoms with Gasteiger partial charge in [-0.2, -0.15) is 0 Å². The fourth-order valence-electron chi connectivity index (χ4n) is 2.97. The van der Waals surface area contributed by atoms with Crippen LogP contribution in [0.5, 0.6) is 11.5 Å². The lowest BCUT2D eigenvalue weighted by atomic mass is 10.1. The maximum atomic E-state index is 11.9. The smallest absolute Gasteiger partial charge is 0.343 e. The van der Waals surface area contributed by atoms with E-state index in [4.69, 9.17) is 13.6 Å². The molecule has 2 aromatic carbocycles. The van der Waals surface area contributed by atoms with Gasteiger partial charge in [0.05, 0.1) is 10.9 Å². The molecular weight excluding hydrogens is 344 g/mol. The predicted octanol–water partition coefficient (Wildman–Crippen LogP) is 4.95. The lowest BCUT2D eigenvalue weighted by Gasteiger charge is -2.06. The zero-order chi connectivity index (χ0) is 19.0. The van der Waals surface area contributed by atoms with Crippen LogP contribution < -0.4 is 10.4 Å². The molecule has 0 unspecified atom stereocenters. The first kappa shape index (κ1) is 17.0. The van der Waals surface area contributed by atoms with Gasteiger partial charge in [0.2, 0.25) is 0 Å². The van der Waals surface area contributed by atoms with Crippen molar-refractivity contribution in [1.29, 1.82) is 0 Å². The average Bonchev–Trinajstić information content (AvgIpc) is 3.13. The second-order valence-corrected chi connectivity index (χ2v) is 6.37. The van der Waals surface area contributed by atoms with E-state index in [1.54, 1.807) is 13.0 Å². The second-order valence-electron chi connectivity index (χ2n) is 6.37. The number of hydrogen-bond acceptors (Lipinski definition) is 5. The molecule has 0 amide bonds. The van der Waals surface area contributed by atoms with Gasteiger partial charge in [0.1, 0.15) is 23.7 Å². The molecule has 0 atom stereocenters. The Kier molecular flexibility index (Phi) is 4.20. The van der Waals surface area contributed by atoms with Crippen LogP contribution >= 0.6 is 0 Å². The molecule has 0 aliphatic rings. The monoisotopic (exact) mass is 362 g/mol. The quantitative estimate of drug-likeness (QED) is 0.556. The van der Waals surface area contributed by atoms with Crippen molar-refractivity contribution in [1.82, 2.24) is 0 Å². The van der Waals surface area contributed by atoms with E-state index in [2.05, 4.69) is 0 Å². The van der Waals surface area contributed by atoms with Crippen LogP contribution in [0.3, 0.4) is 0 Å². The molecule has 5 nitrogen and oxygen atoms in total. The van der Waals surface area contributed by atoms with Crippen LogP contribution in [0.2, 0.25) is 0 Å². The highest BCUT2D eigenvalue weighted by Crippen LogP contribution is 2.36. The standard InChI is InChI=1S/C22H18O5/c1-13-20(23)14(2)22(24)27-21(13)19-11-16-17(9-6-10-18(16)26-19)25-12-15-7-4-3-5-8-15/h3-11,23H,12H2,1-2H3. The van der Waals surface area contributed by atoms with Gasteiger partial charge in [0.25, 0.3) is 0 Å². The van der Waals surface area contributed by atoms with Crippen LogP contribution in [0, 0.1) is 13.8 Å². The van der Waals surface area contributed by atoms with E-state index < -0.39 is 5.63 Å². The largest absolute Gasteiger partial charge is 0.507 e. The number of aromatic hydroxyl groups is 1. The van der Waals surface area contributed by atoms with Crippen LogP contribution in [0.25, 0.3) is 22.5 Å². The molecule has 0 bridgehead atoms. The Morgan fingerprint density at radius 2 is 1.74 bits per heavy atom. The summed E-state index contributed by atoms with van der Waals surface area (Å²) >= 11 is 0. The molecule has 0 aliphatic carbocycles. The van der Waals surface area contributed by atoms with Gasteiger partial charge in [-0.25, -0.2) is 4.79 Å². The first-order valence-corrected chi connectivity index (χ1v) is 8.57. The number of ether oxygens (including phenoxy) is 1. The molecule has 0 radical (unpaired) electrons. The number of hydrogen-bond donors (Lipinski definition) is 1. The molecule has 0 aliphatic heterocycles. The highest BCUT2D eigenvalue weighted by atomic mass is 16.5. The first-order valence-electron chi connectivity index (χ1n) is 8.57. The van der Waals surface area contributed by atoms with Crippen molar-refractivity contribution in [3.63, 3.8) is 0 Å². The van der Waals surface area contributed by atoms with Crippen LogP contribution in [0.15, 0.2) is 68.2 Å². The van der Waals surface area contributed by atoms with E-state index in [0.717, 1.165) is 10.9 Å². The number of fused-ring (bicyclic) bond motifs is 1.